The van der Waals surface area contributed by atoms with Gasteiger partial charge in [-0.1, -0.05) is 17.7 Å². The van der Waals surface area contributed by atoms with Crippen LogP contribution in [0.3, 0.4) is 0 Å². The molecule has 3 amide bonds. The third-order valence-corrected chi connectivity index (χ3v) is 5.55. The maximum atomic E-state index is 12.6. The standard InChI is InChI=1S/C19H25N3O3/c1-13-4-5-17-15(11-13)16(12-25-17)20-19(24)21-9-6-14(7-10-21)22-8-2-3-18(22)23/h4-5,11,14,16H,2-3,6-10,12H2,1H3,(H,20,24). The van der Waals surface area contributed by atoms with Crippen LogP contribution in [0.4, 0.5) is 4.79 Å². The summed E-state index contributed by atoms with van der Waals surface area (Å²) < 4.78 is 5.67. The van der Waals surface area contributed by atoms with Crippen LogP contribution in [0.2, 0.25) is 0 Å². The summed E-state index contributed by atoms with van der Waals surface area (Å²) >= 11 is 0. The number of rotatable bonds is 2. The second-order valence-electron chi connectivity index (χ2n) is 7.26. The fourth-order valence-electron chi connectivity index (χ4n) is 4.13. The molecule has 3 heterocycles. The van der Waals surface area contributed by atoms with Gasteiger partial charge in [0.1, 0.15) is 12.4 Å². The summed E-state index contributed by atoms with van der Waals surface area (Å²) in [4.78, 5) is 28.4. The molecule has 134 valence electrons. The van der Waals surface area contributed by atoms with Crippen molar-refractivity contribution in [3.8, 4) is 5.75 Å². The third kappa shape index (κ3) is 3.17. The Kier molecular flexibility index (Phi) is 4.27. The van der Waals surface area contributed by atoms with Gasteiger partial charge in [0.25, 0.3) is 0 Å². The fraction of sp³-hybridized carbons (Fsp3) is 0.579. The molecule has 0 aromatic heterocycles. The van der Waals surface area contributed by atoms with E-state index >= 15 is 0 Å². The van der Waals surface area contributed by atoms with Crippen LogP contribution in [0, 0.1) is 6.92 Å². The van der Waals surface area contributed by atoms with E-state index in [-0.39, 0.29) is 18.0 Å². The first-order valence-corrected chi connectivity index (χ1v) is 9.20. The number of benzene rings is 1. The average Bonchev–Trinajstić information content (AvgIpc) is 3.21. The highest BCUT2D eigenvalue weighted by atomic mass is 16.5. The van der Waals surface area contributed by atoms with Crippen molar-refractivity contribution >= 4 is 11.9 Å². The quantitative estimate of drug-likeness (QED) is 0.896. The van der Waals surface area contributed by atoms with Gasteiger partial charge in [0.15, 0.2) is 0 Å². The van der Waals surface area contributed by atoms with Crippen LogP contribution in [0.25, 0.3) is 0 Å². The van der Waals surface area contributed by atoms with Crippen LogP contribution in [0.5, 0.6) is 5.75 Å². The highest BCUT2D eigenvalue weighted by Gasteiger charge is 2.33. The van der Waals surface area contributed by atoms with Gasteiger partial charge < -0.3 is 19.9 Å². The van der Waals surface area contributed by atoms with Crippen molar-refractivity contribution in [2.24, 2.45) is 0 Å². The van der Waals surface area contributed by atoms with Crippen LogP contribution >= 0.6 is 0 Å². The van der Waals surface area contributed by atoms with E-state index in [1.165, 1.54) is 5.56 Å². The molecule has 2 saturated heterocycles. The van der Waals surface area contributed by atoms with Crippen molar-refractivity contribution in [1.82, 2.24) is 15.1 Å². The number of hydrogen-bond acceptors (Lipinski definition) is 3. The molecule has 1 unspecified atom stereocenters. The Morgan fingerprint density at radius 2 is 2.04 bits per heavy atom. The number of likely N-dealkylation sites (tertiary alicyclic amines) is 2. The molecular formula is C19H25N3O3. The lowest BCUT2D eigenvalue weighted by Gasteiger charge is -2.37. The van der Waals surface area contributed by atoms with Crippen molar-refractivity contribution in [2.75, 3.05) is 26.2 Å². The Morgan fingerprint density at radius 3 is 2.76 bits per heavy atom. The smallest absolute Gasteiger partial charge is 0.318 e. The number of urea groups is 1. The summed E-state index contributed by atoms with van der Waals surface area (Å²) in [6, 6.07) is 6.26. The van der Waals surface area contributed by atoms with Crippen molar-refractivity contribution in [2.45, 2.75) is 44.7 Å². The second kappa shape index (κ2) is 6.58. The number of aryl methyl sites for hydroxylation is 1. The van der Waals surface area contributed by atoms with Crippen molar-refractivity contribution in [3.05, 3.63) is 29.3 Å². The molecule has 6 nitrogen and oxygen atoms in total. The molecule has 3 aliphatic rings. The number of fused-ring (bicyclic) bond motifs is 1. The third-order valence-electron chi connectivity index (χ3n) is 5.55. The maximum absolute atomic E-state index is 12.6. The van der Waals surface area contributed by atoms with Gasteiger partial charge in [0.2, 0.25) is 5.91 Å². The minimum Gasteiger partial charge on any atom is -0.491 e. The van der Waals surface area contributed by atoms with Crippen LogP contribution in [-0.2, 0) is 4.79 Å². The van der Waals surface area contributed by atoms with Crippen molar-refractivity contribution in [1.29, 1.82) is 0 Å². The van der Waals surface area contributed by atoms with E-state index in [0.29, 0.717) is 32.2 Å². The zero-order valence-electron chi connectivity index (χ0n) is 14.7. The summed E-state index contributed by atoms with van der Waals surface area (Å²) in [7, 11) is 0. The Morgan fingerprint density at radius 1 is 1.24 bits per heavy atom. The van der Waals surface area contributed by atoms with E-state index in [0.717, 1.165) is 37.1 Å². The monoisotopic (exact) mass is 343 g/mol. The summed E-state index contributed by atoms with van der Waals surface area (Å²) in [5.74, 6) is 1.14. The van der Waals surface area contributed by atoms with Gasteiger partial charge in [-0.05, 0) is 32.3 Å². The molecular weight excluding hydrogens is 318 g/mol. The minimum absolute atomic E-state index is 0.0332. The van der Waals surface area contributed by atoms with Gasteiger partial charge in [0, 0.05) is 37.7 Å². The molecule has 4 rings (SSSR count). The predicted molar refractivity (Wildman–Crippen MR) is 93.5 cm³/mol. The zero-order valence-corrected chi connectivity index (χ0v) is 14.7. The van der Waals surface area contributed by atoms with E-state index in [2.05, 4.69) is 11.4 Å². The van der Waals surface area contributed by atoms with Gasteiger partial charge >= 0.3 is 6.03 Å². The molecule has 0 saturated carbocycles. The van der Waals surface area contributed by atoms with E-state index in [1.807, 2.05) is 28.9 Å². The first-order chi connectivity index (χ1) is 12.1. The molecule has 3 aliphatic heterocycles. The maximum Gasteiger partial charge on any atom is 0.318 e. The molecule has 1 aromatic rings. The fourth-order valence-corrected chi connectivity index (χ4v) is 4.13. The van der Waals surface area contributed by atoms with Crippen molar-refractivity contribution in [3.63, 3.8) is 0 Å². The second-order valence-corrected chi connectivity index (χ2v) is 7.26. The molecule has 25 heavy (non-hydrogen) atoms. The zero-order chi connectivity index (χ0) is 17.4. The van der Waals surface area contributed by atoms with E-state index in [9.17, 15) is 9.59 Å². The van der Waals surface area contributed by atoms with Gasteiger partial charge in [0.05, 0.1) is 6.04 Å². The molecule has 1 atom stereocenters. The summed E-state index contributed by atoms with van der Waals surface area (Å²) in [5.41, 5.74) is 2.23. The molecule has 2 fully saturated rings. The van der Waals surface area contributed by atoms with Crippen molar-refractivity contribution < 1.29 is 14.3 Å². The summed E-state index contributed by atoms with van der Waals surface area (Å²) in [6.45, 7) is 4.82. The van der Waals surface area contributed by atoms with Gasteiger partial charge in [-0.2, -0.15) is 0 Å². The molecule has 1 aromatic carbocycles. The Hall–Kier alpha value is -2.24. The highest BCUT2D eigenvalue weighted by Crippen LogP contribution is 2.33. The van der Waals surface area contributed by atoms with Crippen LogP contribution in [0.1, 0.15) is 42.9 Å². The molecule has 0 aliphatic carbocycles. The number of hydrogen-bond donors (Lipinski definition) is 1. The molecule has 1 N–H and O–H groups in total. The largest absolute Gasteiger partial charge is 0.491 e. The number of amides is 3. The topological polar surface area (TPSA) is 61.9 Å². The lowest BCUT2D eigenvalue weighted by atomic mass is 10.0. The van der Waals surface area contributed by atoms with Crippen LogP contribution in [0.15, 0.2) is 18.2 Å². The van der Waals surface area contributed by atoms with E-state index in [4.69, 9.17) is 4.74 Å². The SMILES string of the molecule is Cc1ccc2c(c1)C(NC(=O)N1CCC(N3CCCC3=O)CC1)CO2. The van der Waals surface area contributed by atoms with Gasteiger partial charge in [-0.25, -0.2) is 4.79 Å². The molecule has 0 spiro atoms. The Labute approximate surface area is 148 Å². The average molecular weight is 343 g/mol. The summed E-state index contributed by atoms with van der Waals surface area (Å²) in [5, 5.41) is 3.11. The minimum atomic E-state index is -0.0831. The number of piperidine rings is 1. The molecule has 0 bridgehead atoms. The number of nitrogens with one attached hydrogen (secondary N) is 1. The first kappa shape index (κ1) is 16.2. The Balaban J connectivity index is 1.33. The lowest BCUT2D eigenvalue weighted by Crippen LogP contribution is -2.50. The van der Waals surface area contributed by atoms with Crippen LogP contribution in [-0.4, -0.2) is 54.0 Å². The van der Waals surface area contributed by atoms with Gasteiger partial charge in [-0.15, -0.1) is 0 Å². The number of carbonyl (C=O) groups excluding carboxylic acids is 2. The molecule has 0 radical (unpaired) electrons. The number of carbonyl (C=O) groups is 2. The van der Waals surface area contributed by atoms with Gasteiger partial charge in [-0.3, -0.25) is 4.79 Å². The number of nitrogens with zero attached hydrogens (tertiary/aromatic N) is 2. The number of ether oxygens (including phenoxy) is 1. The Bertz CT molecular complexity index is 682. The molecule has 6 heteroatoms. The van der Waals surface area contributed by atoms with E-state index < -0.39 is 0 Å². The first-order valence-electron chi connectivity index (χ1n) is 9.20. The predicted octanol–water partition coefficient (Wildman–Crippen LogP) is 2.22. The highest BCUT2D eigenvalue weighted by molar-refractivity contribution is 5.78. The lowest BCUT2D eigenvalue weighted by molar-refractivity contribution is -0.130. The van der Waals surface area contributed by atoms with E-state index in [1.54, 1.807) is 0 Å². The normalized spacial score (nSPS) is 23.6. The van der Waals surface area contributed by atoms with Crippen LogP contribution < -0.4 is 10.1 Å². The summed E-state index contributed by atoms with van der Waals surface area (Å²) in [6.07, 6.45) is 3.40.